The third kappa shape index (κ3) is 3.24. The first-order chi connectivity index (χ1) is 9.03. The number of nitrogens with two attached hydrogens (primary N) is 1. The third-order valence-corrected chi connectivity index (χ3v) is 3.45. The van der Waals surface area contributed by atoms with Crippen molar-refractivity contribution in [2.75, 3.05) is 19.7 Å². The lowest BCUT2D eigenvalue weighted by molar-refractivity contribution is -0.142. The van der Waals surface area contributed by atoms with E-state index in [9.17, 15) is 4.79 Å². The van der Waals surface area contributed by atoms with Crippen LogP contribution in [0.15, 0.2) is 24.3 Å². The van der Waals surface area contributed by atoms with Gasteiger partial charge >= 0.3 is 5.97 Å². The average Bonchev–Trinajstić information content (AvgIpc) is 2.75. The Morgan fingerprint density at radius 1 is 1.47 bits per heavy atom. The second-order valence-electron chi connectivity index (χ2n) is 5.00. The predicted octanol–water partition coefficient (Wildman–Crippen LogP) is 1.07. The van der Waals surface area contributed by atoms with E-state index in [1.54, 1.807) is 0 Å². The SMILES string of the molecule is CCOc1ccc(CN2CCC(N)(C(=O)O)C2)cc1. The largest absolute Gasteiger partial charge is 0.494 e. The summed E-state index contributed by atoms with van der Waals surface area (Å²) in [5.41, 5.74) is 5.89. The van der Waals surface area contributed by atoms with Crippen LogP contribution in [0.5, 0.6) is 5.75 Å². The lowest BCUT2D eigenvalue weighted by atomic mass is 10.0. The molecule has 1 aromatic carbocycles. The molecule has 0 aliphatic carbocycles. The number of carboxylic acids is 1. The summed E-state index contributed by atoms with van der Waals surface area (Å²) in [6.45, 7) is 4.44. The minimum absolute atomic E-state index is 0.398. The molecule has 1 saturated heterocycles. The van der Waals surface area contributed by atoms with Gasteiger partial charge in [-0.2, -0.15) is 0 Å². The fourth-order valence-corrected chi connectivity index (χ4v) is 2.34. The highest BCUT2D eigenvalue weighted by atomic mass is 16.5. The van der Waals surface area contributed by atoms with Crippen molar-refractivity contribution >= 4 is 5.97 Å². The molecule has 1 aromatic rings. The van der Waals surface area contributed by atoms with Crippen molar-refractivity contribution in [2.24, 2.45) is 5.73 Å². The van der Waals surface area contributed by atoms with Gasteiger partial charge in [-0.05, 0) is 31.0 Å². The second-order valence-corrected chi connectivity index (χ2v) is 5.00. The van der Waals surface area contributed by atoms with Crippen LogP contribution in [0.4, 0.5) is 0 Å². The van der Waals surface area contributed by atoms with Gasteiger partial charge < -0.3 is 15.6 Å². The molecule has 2 rings (SSSR count). The third-order valence-electron chi connectivity index (χ3n) is 3.45. The van der Waals surface area contributed by atoms with Gasteiger partial charge in [-0.3, -0.25) is 9.69 Å². The highest BCUT2D eigenvalue weighted by molar-refractivity contribution is 5.79. The van der Waals surface area contributed by atoms with E-state index in [4.69, 9.17) is 15.6 Å². The van der Waals surface area contributed by atoms with E-state index in [1.807, 2.05) is 31.2 Å². The van der Waals surface area contributed by atoms with Crippen molar-refractivity contribution in [1.29, 1.82) is 0 Å². The molecule has 0 saturated carbocycles. The molecule has 1 aliphatic rings. The van der Waals surface area contributed by atoms with E-state index in [0.717, 1.165) is 24.4 Å². The molecular weight excluding hydrogens is 244 g/mol. The standard InChI is InChI=1S/C14H20N2O3/c1-2-19-12-5-3-11(4-6-12)9-16-8-7-14(15,10-16)13(17)18/h3-6H,2,7-10,15H2,1H3,(H,17,18). The molecule has 1 fully saturated rings. The number of hydrogen-bond donors (Lipinski definition) is 2. The molecule has 0 bridgehead atoms. The highest BCUT2D eigenvalue weighted by Gasteiger charge is 2.40. The Kier molecular flexibility index (Phi) is 4.07. The summed E-state index contributed by atoms with van der Waals surface area (Å²) < 4.78 is 5.38. The summed E-state index contributed by atoms with van der Waals surface area (Å²) in [5.74, 6) is -0.0620. The Labute approximate surface area is 113 Å². The number of aliphatic carboxylic acids is 1. The quantitative estimate of drug-likeness (QED) is 0.832. The highest BCUT2D eigenvalue weighted by Crippen LogP contribution is 2.22. The van der Waals surface area contributed by atoms with Gasteiger partial charge in [-0.25, -0.2) is 0 Å². The van der Waals surface area contributed by atoms with Gasteiger partial charge in [0, 0.05) is 19.6 Å². The molecule has 1 atom stereocenters. The summed E-state index contributed by atoms with van der Waals surface area (Å²) in [6.07, 6.45) is 0.499. The number of likely N-dealkylation sites (tertiary alicyclic amines) is 1. The molecule has 3 N–H and O–H groups in total. The van der Waals surface area contributed by atoms with Crippen LogP contribution >= 0.6 is 0 Å². The normalized spacial score (nSPS) is 23.5. The molecule has 104 valence electrons. The molecule has 0 spiro atoms. The van der Waals surface area contributed by atoms with Crippen LogP contribution in [0, 0.1) is 0 Å². The first-order valence-corrected chi connectivity index (χ1v) is 6.50. The summed E-state index contributed by atoms with van der Waals surface area (Å²) in [5, 5.41) is 9.08. The fourth-order valence-electron chi connectivity index (χ4n) is 2.34. The van der Waals surface area contributed by atoms with Crippen LogP contribution in [0.25, 0.3) is 0 Å². The van der Waals surface area contributed by atoms with Gasteiger partial charge in [0.05, 0.1) is 6.61 Å². The topological polar surface area (TPSA) is 75.8 Å². The molecule has 19 heavy (non-hydrogen) atoms. The lowest BCUT2D eigenvalue weighted by Crippen LogP contribution is -2.50. The van der Waals surface area contributed by atoms with Gasteiger partial charge in [0.25, 0.3) is 0 Å². The molecule has 1 unspecified atom stereocenters. The Morgan fingerprint density at radius 2 is 2.16 bits per heavy atom. The van der Waals surface area contributed by atoms with E-state index >= 15 is 0 Å². The fraction of sp³-hybridized carbons (Fsp3) is 0.500. The van der Waals surface area contributed by atoms with Crippen LogP contribution in [-0.4, -0.2) is 41.2 Å². The molecule has 0 radical (unpaired) electrons. The number of nitrogens with zero attached hydrogens (tertiary/aromatic N) is 1. The van der Waals surface area contributed by atoms with Crippen molar-refractivity contribution in [2.45, 2.75) is 25.4 Å². The summed E-state index contributed by atoms with van der Waals surface area (Å²) in [7, 11) is 0. The van der Waals surface area contributed by atoms with E-state index in [0.29, 0.717) is 19.6 Å². The van der Waals surface area contributed by atoms with Gasteiger partial charge in [-0.15, -0.1) is 0 Å². The number of carboxylic acid groups (broad SMARTS) is 1. The number of ether oxygens (including phenoxy) is 1. The van der Waals surface area contributed by atoms with E-state index in [1.165, 1.54) is 0 Å². The van der Waals surface area contributed by atoms with Crippen molar-refractivity contribution < 1.29 is 14.6 Å². The lowest BCUT2D eigenvalue weighted by Gasteiger charge is -2.20. The first-order valence-electron chi connectivity index (χ1n) is 6.50. The van der Waals surface area contributed by atoms with E-state index < -0.39 is 11.5 Å². The zero-order valence-corrected chi connectivity index (χ0v) is 11.1. The number of carbonyl (C=O) groups is 1. The Morgan fingerprint density at radius 3 is 2.68 bits per heavy atom. The monoisotopic (exact) mass is 264 g/mol. The smallest absolute Gasteiger partial charge is 0.325 e. The number of rotatable bonds is 5. The van der Waals surface area contributed by atoms with Crippen LogP contribution in [0.2, 0.25) is 0 Å². The zero-order chi connectivity index (χ0) is 13.9. The molecule has 1 aliphatic heterocycles. The Balaban J connectivity index is 1.94. The zero-order valence-electron chi connectivity index (χ0n) is 11.1. The molecular formula is C14H20N2O3. The average molecular weight is 264 g/mol. The van der Waals surface area contributed by atoms with Crippen molar-refractivity contribution in [3.63, 3.8) is 0 Å². The second kappa shape index (κ2) is 5.59. The van der Waals surface area contributed by atoms with Crippen LogP contribution in [0.3, 0.4) is 0 Å². The Hall–Kier alpha value is -1.59. The maximum absolute atomic E-state index is 11.1. The van der Waals surface area contributed by atoms with Crippen LogP contribution in [0.1, 0.15) is 18.9 Å². The number of benzene rings is 1. The van der Waals surface area contributed by atoms with E-state index in [2.05, 4.69) is 4.90 Å². The van der Waals surface area contributed by atoms with Gasteiger partial charge in [0.2, 0.25) is 0 Å². The maximum atomic E-state index is 11.1. The van der Waals surface area contributed by atoms with Gasteiger partial charge in [0.15, 0.2) is 0 Å². The minimum Gasteiger partial charge on any atom is -0.494 e. The maximum Gasteiger partial charge on any atom is 0.325 e. The summed E-state index contributed by atoms with van der Waals surface area (Å²) in [6, 6.07) is 7.87. The molecule has 0 aromatic heterocycles. The summed E-state index contributed by atoms with van der Waals surface area (Å²) in [4.78, 5) is 13.1. The van der Waals surface area contributed by atoms with Crippen molar-refractivity contribution in [3.8, 4) is 5.75 Å². The Bertz CT molecular complexity index is 447. The van der Waals surface area contributed by atoms with Gasteiger partial charge in [-0.1, -0.05) is 12.1 Å². The van der Waals surface area contributed by atoms with E-state index in [-0.39, 0.29) is 0 Å². The van der Waals surface area contributed by atoms with Gasteiger partial charge in [0.1, 0.15) is 11.3 Å². The molecule has 5 heteroatoms. The number of hydrogen-bond acceptors (Lipinski definition) is 4. The summed E-state index contributed by atoms with van der Waals surface area (Å²) >= 11 is 0. The van der Waals surface area contributed by atoms with Crippen LogP contribution < -0.4 is 10.5 Å². The van der Waals surface area contributed by atoms with Crippen LogP contribution in [-0.2, 0) is 11.3 Å². The molecule has 1 heterocycles. The minimum atomic E-state index is -1.09. The molecule has 5 nitrogen and oxygen atoms in total. The molecule has 0 amide bonds. The first kappa shape index (κ1) is 13.8. The predicted molar refractivity (Wildman–Crippen MR) is 72.1 cm³/mol. The van der Waals surface area contributed by atoms with Crippen molar-refractivity contribution in [1.82, 2.24) is 4.90 Å². The van der Waals surface area contributed by atoms with Crippen molar-refractivity contribution in [3.05, 3.63) is 29.8 Å².